The molecule has 1 aromatic heterocycles. The summed E-state index contributed by atoms with van der Waals surface area (Å²) in [4.78, 5) is 4.40. The van der Waals surface area contributed by atoms with E-state index in [1.807, 2.05) is 25.1 Å². The highest BCUT2D eigenvalue weighted by molar-refractivity contribution is 5.40. The molecule has 1 rings (SSSR count). The van der Waals surface area contributed by atoms with Crippen LogP contribution in [0.25, 0.3) is 0 Å². The van der Waals surface area contributed by atoms with Crippen LogP contribution in [0.15, 0.2) is 18.2 Å². The molecule has 0 radical (unpaired) electrons. The summed E-state index contributed by atoms with van der Waals surface area (Å²) < 4.78 is 5.38. The predicted octanol–water partition coefficient (Wildman–Crippen LogP) is 2.41. The normalized spacial score (nSPS) is 11.3. The number of nitrogens with one attached hydrogen (secondary N) is 1. The van der Waals surface area contributed by atoms with Crippen molar-refractivity contribution in [2.45, 2.75) is 39.2 Å². The molecular formula is C13H23N3O. The molecule has 1 aromatic rings. The van der Waals surface area contributed by atoms with E-state index in [1.165, 1.54) is 0 Å². The van der Waals surface area contributed by atoms with Gasteiger partial charge in [0.15, 0.2) is 0 Å². The zero-order valence-electron chi connectivity index (χ0n) is 11.0. The van der Waals surface area contributed by atoms with Gasteiger partial charge in [-0.1, -0.05) is 19.9 Å². The second-order valence-electron chi connectivity index (χ2n) is 4.11. The smallest absolute Gasteiger partial charge is 0.215 e. The van der Waals surface area contributed by atoms with E-state index in [0.717, 1.165) is 18.7 Å². The quantitative estimate of drug-likeness (QED) is 0.764. The molecule has 3 N–H and O–H groups in total. The summed E-state index contributed by atoms with van der Waals surface area (Å²) in [6.07, 6.45) is 1.95. The Morgan fingerprint density at radius 2 is 2.00 bits per heavy atom. The molecule has 0 unspecified atom stereocenters. The molecule has 0 bridgehead atoms. The molecule has 0 saturated heterocycles. The number of hydrogen-bond acceptors (Lipinski definition) is 4. The van der Waals surface area contributed by atoms with E-state index in [9.17, 15) is 0 Å². The van der Waals surface area contributed by atoms with Crippen LogP contribution >= 0.6 is 0 Å². The van der Waals surface area contributed by atoms with Crippen molar-refractivity contribution in [3.8, 4) is 5.88 Å². The van der Waals surface area contributed by atoms with E-state index in [0.29, 0.717) is 19.0 Å². The largest absolute Gasteiger partial charge is 0.478 e. The molecule has 96 valence electrons. The van der Waals surface area contributed by atoms with Crippen LogP contribution in [-0.2, 0) is 0 Å². The average molecular weight is 237 g/mol. The summed E-state index contributed by atoms with van der Waals surface area (Å²) >= 11 is 0. The van der Waals surface area contributed by atoms with Crippen LogP contribution in [0.2, 0.25) is 0 Å². The monoisotopic (exact) mass is 237 g/mol. The predicted molar refractivity (Wildman–Crippen MR) is 71.4 cm³/mol. The number of hydrogen-bond donors (Lipinski definition) is 2. The SMILES string of the molecule is CCOc1cccc(NC(CC)(CC)CN)n1. The highest BCUT2D eigenvalue weighted by Crippen LogP contribution is 2.21. The third-order valence-corrected chi connectivity index (χ3v) is 3.15. The molecule has 4 nitrogen and oxygen atoms in total. The average Bonchev–Trinajstić information content (AvgIpc) is 2.37. The Labute approximate surface area is 104 Å². The van der Waals surface area contributed by atoms with Gasteiger partial charge in [-0.15, -0.1) is 0 Å². The van der Waals surface area contributed by atoms with Crippen LogP contribution < -0.4 is 15.8 Å². The fourth-order valence-corrected chi connectivity index (χ4v) is 1.75. The molecule has 0 atom stereocenters. The van der Waals surface area contributed by atoms with Crippen LogP contribution in [0, 0.1) is 0 Å². The number of anilines is 1. The van der Waals surface area contributed by atoms with E-state index in [1.54, 1.807) is 0 Å². The van der Waals surface area contributed by atoms with E-state index < -0.39 is 0 Å². The van der Waals surface area contributed by atoms with Crippen molar-refractivity contribution in [2.24, 2.45) is 5.73 Å². The zero-order chi connectivity index (χ0) is 12.7. The van der Waals surface area contributed by atoms with Crippen molar-refractivity contribution in [1.29, 1.82) is 0 Å². The molecule has 0 spiro atoms. The molecule has 1 heterocycles. The molecule has 17 heavy (non-hydrogen) atoms. The Morgan fingerprint density at radius 3 is 2.53 bits per heavy atom. The first-order chi connectivity index (χ1) is 8.19. The molecule has 0 aliphatic heterocycles. The second kappa shape index (κ2) is 6.45. The van der Waals surface area contributed by atoms with Gasteiger partial charge in [-0.2, -0.15) is 4.98 Å². The standard InChI is InChI=1S/C13H23N3O/c1-4-13(5-2,10-14)16-11-8-7-9-12(15-11)17-6-3/h7-9H,4-6,10,14H2,1-3H3,(H,15,16). The van der Waals surface area contributed by atoms with Crippen molar-refractivity contribution in [2.75, 3.05) is 18.5 Å². The highest BCUT2D eigenvalue weighted by Gasteiger charge is 2.24. The van der Waals surface area contributed by atoms with Gasteiger partial charge in [-0.25, -0.2) is 0 Å². The second-order valence-corrected chi connectivity index (χ2v) is 4.11. The van der Waals surface area contributed by atoms with Gasteiger partial charge in [0.25, 0.3) is 0 Å². The molecule has 0 aliphatic carbocycles. The number of aromatic nitrogens is 1. The first kappa shape index (κ1) is 13.8. The van der Waals surface area contributed by atoms with E-state index in [-0.39, 0.29) is 5.54 Å². The molecule has 4 heteroatoms. The van der Waals surface area contributed by atoms with Gasteiger partial charge in [-0.05, 0) is 25.8 Å². The van der Waals surface area contributed by atoms with Crippen LogP contribution in [0.3, 0.4) is 0 Å². The molecule has 0 aromatic carbocycles. The van der Waals surface area contributed by atoms with E-state index >= 15 is 0 Å². The summed E-state index contributed by atoms with van der Waals surface area (Å²) in [5.74, 6) is 1.47. The Bertz CT molecular complexity index is 329. The maximum absolute atomic E-state index is 5.85. The van der Waals surface area contributed by atoms with Crippen molar-refractivity contribution >= 4 is 5.82 Å². The minimum absolute atomic E-state index is 0.0716. The summed E-state index contributed by atoms with van der Waals surface area (Å²) in [5.41, 5.74) is 5.78. The third-order valence-electron chi connectivity index (χ3n) is 3.15. The van der Waals surface area contributed by atoms with Gasteiger partial charge in [0.2, 0.25) is 5.88 Å². The lowest BCUT2D eigenvalue weighted by Gasteiger charge is -2.32. The fourth-order valence-electron chi connectivity index (χ4n) is 1.75. The lowest BCUT2D eigenvalue weighted by atomic mass is 9.93. The van der Waals surface area contributed by atoms with Crippen LogP contribution in [0.1, 0.15) is 33.6 Å². The third kappa shape index (κ3) is 3.60. The Kier molecular flexibility index (Phi) is 5.22. The first-order valence-corrected chi connectivity index (χ1v) is 6.27. The van der Waals surface area contributed by atoms with Gasteiger partial charge in [0, 0.05) is 12.6 Å². The van der Waals surface area contributed by atoms with Crippen molar-refractivity contribution in [3.05, 3.63) is 18.2 Å². The van der Waals surface area contributed by atoms with Crippen molar-refractivity contribution < 1.29 is 4.74 Å². The Balaban J connectivity index is 2.82. The number of rotatable bonds is 7. The van der Waals surface area contributed by atoms with E-state index in [2.05, 4.69) is 24.1 Å². The molecule has 0 fully saturated rings. The zero-order valence-corrected chi connectivity index (χ0v) is 11.0. The van der Waals surface area contributed by atoms with Crippen LogP contribution in [0.4, 0.5) is 5.82 Å². The van der Waals surface area contributed by atoms with Gasteiger partial charge in [0.05, 0.1) is 12.1 Å². The Hall–Kier alpha value is -1.29. The first-order valence-electron chi connectivity index (χ1n) is 6.27. The summed E-state index contributed by atoms with van der Waals surface area (Å²) in [7, 11) is 0. The van der Waals surface area contributed by atoms with Crippen molar-refractivity contribution in [1.82, 2.24) is 4.98 Å². The van der Waals surface area contributed by atoms with Crippen molar-refractivity contribution in [3.63, 3.8) is 0 Å². The van der Waals surface area contributed by atoms with Gasteiger partial charge in [0.1, 0.15) is 5.82 Å². The lowest BCUT2D eigenvalue weighted by Crippen LogP contribution is -2.44. The number of nitrogens with zero attached hydrogens (tertiary/aromatic N) is 1. The molecule has 0 amide bonds. The molecule has 0 aliphatic rings. The minimum atomic E-state index is -0.0716. The minimum Gasteiger partial charge on any atom is -0.478 e. The fraction of sp³-hybridized carbons (Fsp3) is 0.615. The number of pyridine rings is 1. The highest BCUT2D eigenvalue weighted by atomic mass is 16.5. The topological polar surface area (TPSA) is 60.2 Å². The van der Waals surface area contributed by atoms with Gasteiger partial charge < -0.3 is 15.8 Å². The van der Waals surface area contributed by atoms with E-state index in [4.69, 9.17) is 10.5 Å². The number of ether oxygens (including phenoxy) is 1. The maximum atomic E-state index is 5.85. The van der Waals surface area contributed by atoms with Gasteiger partial charge >= 0.3 is 0 Å². The summed E-state index contributed by atoms with van der Waals surface area (Å²) in [6, 6.07) is 5.74. The van der Waals surface area contributed by atoms with Crippen LogP contribution in [-0.4, -0.2) is 23.7 Å². The molecular weight excluding hydrogens is 214 g/mol. The Morgan fingerprint density at radius 1 is 1.29 bits per heavy atom. The van der Waals surface area contributed by atoms with Gasteiger partial charge in [-0.3, -0.25) is 0 Å². The maximum Gasteiger partial charge on any atom is 0.215 e. The van der Waals surface area contributed by atoms with Crippen LogP contribution in [0.5, 0.6) is 5.88 Å². The summed E-state index contributed by atoms with van der Waals surface area (Å²) in [5, 5.41) is 3.42. The summed E-state index contributed by atoms with van der Waals surface area (Å²) in [6.45, 7) is 7.44. The lowest BCUT2D eigenvalue weighted by molar-refractivity contribution is 0.327. The number of nitrogens with two attached hydrogens (primary N) is 1. The molecule has 0 saturated carbocycles.